The van der Waals surface area contributed by atoms with Crippen molar-refractivity contribution >= 4 is 41.1 Å². The predicted molar refractivity (Wildman–Crippen MR) is 92.5 cm³/mol. The minimum atomic E-state index is -0.506. The summed E-state index contributed by atoms with van der Waals surface area (Å²) < 4.78 is 6.94. The molecule has 0 aliphatic rings. The maximum Gasteiger partial charge on any atom is 0.343 e. The zero-order valence-electron chi connectivity index (χ0n) is 12.3. The number of carbonyl (C=O) groups excluding carboxylic acids is 1. The Morgan fingerprint density at radius 3 is 2.58 bits per heavy atom. The van der Waals surface area contributed by atoms with E-state index in [1.54, 1.807) is 42.5 Å². The topological polar surface area (TPSA) is 57.0 Å². The summed E-state index contributed by atoms with van der Waals surface area (Å²) in [6, 6.07) is 13.6. The van der Waals surface area contributed by atoms with E-state index in [4.69, 9.17) is 27.9 Å². The average Bonchev–Trinajstić information content (AvgIpc) is 3.08. The highest BCUT2D eigenvalue weighted by Gasteiger charge is 2.15. The minimum Gasteiger partial charge on any atom is -0.421 e. The molecule has 0 saturated heterocycles. The molecule has 7 heteroatoms. The molecule has 0 N–H and O–H groups in total. The third-order valence-corrected chi connectivity index (χ3v) is 3.64. The van der Waals surface area contributed by atoms with Crippen LogP contribution < -0.4 is 0 Å². The number of esters is 1. The Balaban J connectivity index is 1.98. The Kier molecular flexibility index (Phi) is 4.93. The second-order valence-electron chi connectivity index (χ2n) is 4.75. The lowest BCUT2D eigenvalue weighted by Gasteiger charge is -2.11. The van der Waals surface area contributed by atoms with Crippen LogP contribution >= 0.6 is 23.2 Å². The summed E-state index contributed by atoms with van der Waals surface area (Å²) in [7, 11) is 0. The molecule has 3 aromatic rings. The molecule has 1 aromatic heterocycles. The molecule has 0 amide bonds. The average molecular weight is 360 g/mol. The van der Waals surface area contributed by atoms with Gasteiger partial charge in [-0.25, -0.2) is 14.5 Å². The number of hydrogen-bond acceptors (Lipinski definition) is 4. The number of aromatic nitrogens is 3. The summed E-state index contributed by atoms with van der Waals surface area (Å²) >= 11 is 12.2. The van der Waals surface area contributed by atoms with Crippen molar-refractivity contribution in [3.05, 3.63) is 82.4 Å². The molecule has 0 fully saturated rings. The van der Waals surface area contributed by atoms with Crippen molar-refractivity contribution in [2.24, 2.45) is 0 Å². The largest absolute Gasteiger partial charge is 0.421 e. The van der Waals surface area contributed by atoms with Crippen molar-refractivity contribution in [3.8, 4) is 0 Å². The number of ether oxygens (including phenoxy) is 1. The summed E-state index contributed by atoms with van der Waals surface area (Å²) in [5.41, 5.74) is 0.938. The van der Waals surface area contributed by atoms with E-state index in [1.807, 2.05) is 6.07 Å². The monoisotopic (exact) mass is 359 g/mol. The molecule has 0 radical (unpaired) electrons. The van der Waals surface area contributed by atoms with Crippen LogP contribution in [0.2, 0.25) is 10.0 Å². The Bertz CT molecular complexity index is 878. The van der Waals surface area contributed by atoms with Crippen LogP contribution in [0.3, 0.4) is 0 Å². The van der Waals surface area contributed by atoms with E-state index in [1.165, 1.54) is 23.5 Å². The van der Waals surface area contributed by atoms with Crippen LogP contribution in [0.1, 0.15) is 15.9 Å². The Labute approximate surface area is 148 Å². The van der Waals surface area contributed by atoms with E-state index >= 15 is 0 Å². The highest BCUT2D eigenvalue weighted by Crippen LogP contribution is 2.29. The lowest BCUT2D eigenvalue weighted by molar-refractivity contribution is 0.0693. The number of halogens is 2. The van der Waals surface area contributed by atoms with Gasteiger partial charge in [0.05, 0.1) is 16.8 Å². The minimum absolute atomic E-state index is 0.232. The van der Waals surface area contributed by atoms with E-state index in [-0.39, 0.29) is 5.76 Å². The molecule has 0 atom stereocenters. The van der Waals surface area contributed by atoms with Crippen molar-refractivity contribution in [3.63, 3.8) is 0 Å². The van der Waals surface area contributed by atoms with Crippen molar-refractivity contribution in [1.29, 1.82) is 0 Å². The predicted octanol–water partition coefficient (Wildman–Crippen LogP) is 4.40. The maximum absolute atomic E-state index is 12.4. The van der Waals surface area contributed by atoms with Crippen LogP contribution in [0, 0.1) is 0 Å². The second-order valence-corrected chi connectivity index (χ2v) is 5.59. The Morgan fingerprint density at radius 1 is 1.12 bits per heavy atom. The molecule has 5 nitrogen and oxygen atoms in total. The van der Waals surface area contributed by atoms with Crippen molar-refractivity contribution in [2.45, 2.75) is 0 Å². The first-order chi connectivity index (χ1) is 11.6. The van der Waals surface area contributed by atoms with Crippen LogP contribution in [-0.2, 0) is 4.74 Å². The third kappa shape index (κ3) is 3.82. The normalized spacial score (nSPS) is 11.3. The molecule has 120 valence electrons. The van der Waals surface area contributed by atoms with Crippen molar-refractivity contribution in [1.82, 2.24) is 14.8 Å². The summed E-state index contributed by atoms with van der Waals surface area (Å²) in [6.07, 6.45) is 4.36. The molecule has 24 heavy (non-hydrogen) atoms. The molecule has 0 aliphatic carbocycles. The first kappa shape index (κ1) is 16.2. The zero-order valence-corrected chi connectivity index (χ0v) is 13.8. The molecule has 2 aromatic carbocycles. The van der Waals surface area contributed by atoms with E-state index in [0.717, 1.165) is 0 Å². The molecule has 3 rings (SSSR count). The van der Waals surface area contributed by atoms with Crippen LogP contribution in [0.25, 0.3) is 12.0 Å². The molecule has 0 saturated carbocycles. The lowest BCUT2D eigenvalue weighted by atomic mass is 10.2. The number of hydrogen-bond donors (Lipinski definition) is 0. The van der Waals surface area contributed by atoms with Gasteiger partial charge in [-0.2, -0.15) is 5.10 Å². The Morgan fingerprint density at radius 2 is 1.92 bits per heavy atom. The SMILES string of the molecule is O=C(OC(=Cn1cncn1)c1ccc(Cl)cc1Cl)c1ccccc1. The van der Waals surface area contributed by atoms with Gasteiger partial charge in [0.2, 0.25) is 0 Å². The standard InChI is InChI=1S/C17H11Cl2N3O2/c18-13-6-7-14(15(19)8-13)16(9-22-11-20-10-21-22)24-17(23)12-4-2-1-3-5-12/h1-11H. The molecule has 0 unspecified atom stereocenters. The molecular formula is C17H11Cl2N3O2. The van der Waals surface area contributed by atoms with E-state index < -0.39 is 5.97 Å². The summed E-state index contributed by atoms with van der Waals surface area (Å²) in [5.74, 6) is -0.274. The first-order valence-corrected chi connectivity index (χ1v) is 7.67. The fraction of sp³-hybridized carbons (Fsp3) is 0. The quantitative estimate of drug-likeness (QED) is 0.511. The number of rotatable bonds is 4. The molecule has 0 spiro atoms. The highest BCUT2D eigenvalue weighted by atomic mass is 35.5. The van der Waals surface area contributed by atoms with Gasteiger partial charge in [0.15, 0.2) is 5.76 Å². The van der Waals surface area contributed by atoms with Gasteiger partial charge in [-0.3, -0.25) is 0 Å². The number of nitrogens with zero attached hydrogens (tertiary/aromatic N) is 3. The lowest BCUT2D eigenvalue weighted by Crippen LogP contribution is -2.06. The van der Waals surface area contributed by atoms with Crippen LogP contribution in [0.15, 0.2) is 61.2 Å². The summed E-state index contributed by atoms with van der Waals surface area (Å²) in [4.78, 5) is 16.2. The number of carbonyl (C=O) groups is 1. The zero-order chi connectivity index (χ0) is 16.9. The molecule has 0 bridgehead atoms. The molecule has 0 aliphatic heterocycles. The highest BCUT2D eigenvalue weighted by molar-refractivity contribution is 6.35. The van der Waals surface area contributed by atoms with Gasteiger partial charge in [0, 0.05) is 10.6 Å². The van der Waals surface area contributed by atoms with Gasteiger partial charge in [0.1, 0.15) is 12.7 Å². The van der Waals surface area contributed by atoms with E-state index in [0.29, 0.717) is 21.2 Å². The van der Waals surface area contributed by atoms with Crippen LogP contribution in [-0.4, -0.2) is 20.7 Å². The molecule has 1 heterocycles. The van der Waals surface area contributed by atoms with Gasteiger partial charge in [0.25, 0.3) is 0 Å². The summed E-state index contributed by atoms with van der Waals surface area (Å²) in [6.45, 7) is 0. The van der Waals surface area contributed by atoms with Gasteiger partial charge in [-0.05, 0) is 30.3 Å². The van der Waals surface area contributed by atoms with Crippen molar-refractivity contribution < 1.29 is 9.53 Å². The van der Waals surface area contributed by atoms with Gasteiger partial charge >= 0.3 is 5.97 Å². The van der Waals surface area contributed by atoms with Gasteiger partial charge < -0.3 is 4.74 Å². The second kappa shape index (κ2) is 7.29. The number of benzene rings is 2. The van der Waals surface area contributed by atoms with Crippen molar-refractivity contribution in [2.75, 3.05) is 0 Å². The van der Waals surface area contributed by atoms with E-state index in [2.05, 4.69) is 10.1 Å². The summed E-state index contributed by atoms with van der Waals surface area (Å²) in [5, 5.41) is 4.82. The first-order valence-electron chi connectivity index (χ1n) is 6.92. The maximum atomic E-state index is 12.4. The van der Waals surface area contributed by atoms with Crippen LogP contribution in [0.5, 0.6) is 0 Å². The molecular weight excluding hydrogens is 349 g/mol. The van der Waals surface area contributed by atoms with Gasteiger partial charge in [-0.1, -0.05) is 41.4 Å². The fourth-order valence-corrected chi connectivity index (χ4v) is 2.48. The third-order valence-electron chi connectivity index (χ3n) is 3.09. The van der Waals surface area contributed by atoms with Gasteiger partial charge in [-0.15, -0.1) is 0 Å². The fourth-order valence-electron chi connectivity index (χ4n) is 1.98. The Hall–Kier alpha value is -2.63. The smallest absolute Gasteiger partial charge is 0.343 e. The van der Waals surface area contributed by atoms with E-state index in [9.17, 15) is 4.79 Å². The van der Waals surface area contributed by atoms with Crippen LogP contribution in [0.4, 0.5) is 0 Å².